The van der Waals surface area contributed by atoms with Gasteiger partial charge in [-0.05, 0) is 36.8 Å². The second kappa shape index (κ2) is 9.21. The van der Waals surface area contributed by atoms with Crippen LogP contribution in [0, 0.1) is 29.6 Å². The van der Waals surface area contributed by atoms with Crippen molar-refractivity contribution in [2.75, 3.05) is 27.3 Å². The van der Waals surface area contributed by atoms with Gasteiger partial charge in [0.25, 0.3) is 0 Å². The van der Waals surface area contributed by atoms with Crippen molar-refractivity contribution in [3.8, 4) is 40.5 Å². The molecule has 0 aliphatic carbocycles. The molecule has 3 aromatic rings. The lowest BCUT2D eigenvalue weighted by atomic mass is 9.97. The molecule has 0 atom stereocenters. The highest BCUT2D eigenvalue weighted by molar-refractivity contribution is 5.90. The minimum atomic E-state index is -0.590. The number of nitrogens with zero attached hydrogens (tertiary/aromatic N) is 3. The van der Waals surface area contributed by atoms with Crippen LogP contribution in [0.4, 0.5) is 0 Å². The van der Waals surface area contributed by atoms with Crippen LogP contribution >= 0.6 is 0 Å². The molecule has 1 heterocycles. The van der Waals surface area contributed by atoms with Gasteiger partial charge in [0.2, 0.25) is 0 Å². The molecule has 0 amide bonds. The lowest BCUT2D eigenvalue weighted by molar-refractivity contribution is 0.326. The maximum absolute atomic E-state index is 13.0. The second-order valence-electron chi connectivity index (χ2n) is 6.86. The van der Waals surface area contributed by atoms with Crippen LogP contribution in [0.1, 0.15) is 11.1 Å². The predicted molar refractivity (Wildman–Crippen MR) is 114 cm³/mol. The van der Waals surface area contributed by atoms with Crippen LogP contribution in [0.25, 0.3) is 22.1 Å². The largest absolute Gasteiger partial charge is 0.507 e. The summed E-state index contributed by atoms with van der Waals surface area (Å²) >= 11 is 0. The van der Waals surface area contributed by atoms with E-state index in [-0.39, 0.29) is 31.0 Å². The number of phenols is 1. The number of phenolic OH excluding ortho intramolecular Hbond substituents is 1. The van der Waals surface area contributed by atoms with Crippen molar-refractivity contribution in [1.29, 1.82) is 10.5 Å². The number of methoxy groups -OCH3 is 2. The molecule has 0 aliphatic heterocycles. The van der Waals surface area contributed by atoms with Gasteiger partial charge in [-0.1, -0.05) is 0 Å². The second-order valence-corrected chi connectivity index (χ2v) is 6.86. The third-order valence-electron chi connectivity index (χ3n) is 5.06. The zero-order chi connectivity index (χ0) is 22.5. The first-order chi connectivity index (χ1) is 14.9. The number of aromatic hydroxyl groups is 1. The number of nitriles is 2. The van der Waals surface area contributed by atoms with Gasteiger partial charge in [0.05, 0.1) is 50.6 Å². The average Bonchev–Trinajstić information content (AvgIpc) is 2.76. The number of hydrogen-bond donors (Lipinski definition) is 1. The molecule has 8 heteroatoms. The Balaban J connectivity index is 2.23. The zero-order valence-corrected chi connectivity index (χ0v) is 17.4. The Morgan fingerprint density at radius 2 is 1.81 bits per heavy atom. The molecule has 31 heavy (non-hydrogen) atoms. The molecule has 158 valence electrons. The van der Waals surface area contributed by atoms with E-state index < -0.39 is 5.63 Å². The van der Waals surface area contributed by atoms with Gasteiger partial charge >= 0.3 is 5.63 Å². The van der Waals surface area contributed by atoms with Crippen LogP contribution in [0.15, 0.2) is 39.5 Å². The summed E-state index contributed by atoms with van der Waals surface area (Å²) in [5.74, 6) is 0.971. The lowest BCUT2D eigenvalue weighted by Gasteiger charge is -2.18. The smallest absolute Gasteiger partial charge is 0.344 e. The fourth-order valence-electron chi connectivity index (χ4n) is 3.52. The summed E-state index contributed by atoms with van der Waals surface area (Å²) in [4.78, 5) is 14.6. The monoisotopic (exact) mass is 419 g/mol. The minimum Gasteiger partial charge on any atom is -0.507 e. The normalized spacial score (nSPS) is 10.6. The van der Waals surface area contributed by atoms with Crippen LogP contribution in [-0.4, -0.2) is 37.3 Å². The van der Waals surface area contributed by atoms with Gasteiger partial charge in [-0.15, -0.1) is 0 Å². The molecule has 0 fully saturated rings. The summed E-state index contributed by atoms with van der Waals surface area (Å²) in [6.45, 7) is 1.86. The molecule has 0 saturated carbocycles. The summed E-state index contributed by atoms with van der Waals surface area (Å²) in [6.07, 6.45) is 0. The van der Waals surface area contributed by atoms with Crippen LogP contribution < -0.4 is 15.1 Å². The molecular weight excluding hydrogens is 398 g/mol. The van der Waals surface area contributed by atoms with Gasteiger partial charge in [0.15, 0.2) is 0 Å². The molecule has 0 saturated heterocycles. The third kappa shape index (κ3) is 4.16. The highest BCUT2D eigenvalue weighted by Gasteiger charge is 2.21. The maximum Gasteiger partial charge on any atom is 0.344 e. The summed E-state index contributed by atoms with van der Waals surface area (Å²) in [7, 11) is 3.05. The van der Waals surface area contributed by atoms with E-state index in [9.17, 15) is 9.90 Å². The van der Waals surface area contributed by atoms with E-state index >= 15 is 0 Å². The minimum absolute atomic E-state index is 0.00622. The van der Waals surface area contributed by atoms with Gasteiger partial charge in [-0.3, -0.25) is 4.90 Å². The first kappa shape index (κ1) is 21.7. The van der Waals surface area contributed by atoms with Crippen molar-refractivity contribution in [3.63, 3.8) is 0 Å². The Kier molecular flexibility index (Phi) is 6.44. The standard InChI is InChI=1S/C23H21N3O5/c1-14-16-6-7-19(27)18(13-26(10-8-24)11-9-25)22(16)31-23(28)21(14)17-5-4-15(29-2)12-20(17)30-3/h4-7,12,27H,10-11,13H2,1-3H3. The van der Waals surface area contributed by atoms with E-state index in [0.29, 0.717) is 39.1 Å². The molecule has 1 aromatic heterocycles. The molecule has 0 unspecified atom stereocenters. The summed E-state index contributed by atoms with van der Waals surface area (Å²) in [5.41, 5.74) is 1.53. The molecule has 0 spiro atoms. The molecule has 0 aliphatic rings. The molecule has 8 nitrogen and oxygen atoms in total. The molecule has 0 radical (unpaired) electrons. The van der Waals surface area contributed by atoms with E-state index in [0.717, 1.165) is 0 Å². The van der Waals surface area contributed by atoms with Crippen molar-refractivity contribution >= 4 is 11.0 Å². The molecule has 3 rings (SSSR count). The summed E-state index contributed by atoms with van der Waals surface area (Å²) in [6, 6.07) is 12.3. The van der Waals surface area contributed by atoms with Crippen LogP contribution in [-0.2, 0) is 6.54 Å². The average molecular weight is 419 g/mol. The SMILES string of the molecule is COc1ccc(-c2c(C)c3ccc(O)c(CN(CC#N)CC#N)c3oc2=O)c(OC)c1. The van der Waals surface area contributed by atoms with E-state index in [4.69, 9.17) is 24.4 Å². The van der Waals surface area contributed by atoms with Crippen LogP contribution in [0.3, 0.4) is 0 Å². The van der Waals surface area contributed by atoms with E-state index in [2.05, 4.69) is 0 Å². The highest BCUT2D eigenvalue weighted by Crippen LogP contribution is 2.37. The predicted octanol–water partition coefficient (Wildman–Crippen LogP) is 3.34. The van der Waals surface area contributed by atoms with Crippen LogP contribution in [0.5, 0.6) is 17.2 Å². The van der Waals surface area contributed by atoms with Gasteiger partial charge < -0.3 is 19.0 Å². The Morgan fingerprint density at radius 3 is 2.42 bits per heavy atom. The fourth-order valence-corrected chi connectivity index (χ4v) is 3.52. The van der Waals surface area contributed by atoms with E-state index in [1.165, 1.54) is 13.2 Å². The first-order valence-corrected chi connectivity index (χ1v) is 9.42. The topological polar surface area (TPSA) is 120 Å². The van der Waals surface area contributed by atoms with Crippen molar-refractivity contribution in [1.82, 2.24) is 4.90 Å². The molecule has 2 aromatic carbocycles. The molecule has 1 N–H and O–H groups in total. The van der Waals surface area contributed by atoms with E-state index in [1.807, 2.05) is 12.1 Å². The highest BCUT2D eigenvalue weighted by atomic mass is 16.5. The Hall–Kier alpha value is -4.01. The Bertz CT molecular complexity index is 1250. The fraction of sp³-hybridized carbons (Fsp3) is 0.261. The van der Waals surface area contributed by atoms with Crippen molar-refractivity contribution in [2.24, 2.45) is 0 Å². The number of fused-ring (bicyclic) bond motifs is 1. The Labute approximate surface area is 179 Å². The molecular formula is C23H21N3O5. The first-order valence-electron chi connectivity index (χ1n) is 9.42. The van der Waals surface area contributed by atoms with Crippen LogP contribution in [0.2, 0.25) is 0 Å². The van der Waals surface area contributed by atoms with Crippen molar-refractivity contribution < 1.29 is 19.0 Å². The van der Waals surface area contributed by atoms with Gasteiger partial charge in [-0.25, -0.2) is 4.79 Å². The van der Waals surface area contributed by atoms with Crippen molar-refractivity contribution in [2.45, 2.75) is 13.5 Å². The number of benzene rings is 2. The van der Waals surface area contributed by atoms with E-state index in [1.54, 1.807) is 43.2 Å². The summed E-state index contributed by atoms with van der Waals surface area (Å²) < 4.78 is 16.3. The maximum atomic E-state index is 13.0. The molecule has 0 bridgehead atoms. The number of hydrogen-bond acceptors (Lipinski definition) is 8. The number of aryl methyl sites for hydroxylation is 1. The van der Waals surface area contributed by atoms with Gasteiger partial charge in [-0.2, -0.15) is 10.5 Å². The van der Waals surface area contributed by atoms with Gasteiger partial charge in [0, 0.05) is 23.6 Å². The Morgan fingerprint density at radius 1 is 1.10 bits per heavy atom. The number of rotatable bonds is 7. The zero-order valence-electron chi connectivity index (χ0n) is 17.4. The van der Waals surface area contributed by atoms with Gasteiger partial charge in [0.1, 0.15) is 22.8 Å². The third-order valence-corrected chi connectivity index (χ3v) is 5.06. The van der Waals surface area contributed by atoms with Crippen molar-refractivity contribution in [3.05, 3.63) is 51.9 Å². The quantitative estimate of drug-likeness (QED) is 0.457. The number of ether oxygens (including phenoxy) is 2. The lowest BCUT2D eigenvalue weighted by Crippen LogP contribution is -2.24. The summed E-state index contributed by atoms with van der Waals surface area (Å²) in [5, 5.41) is 29.1.